The van der Waals surface area contributed by atoms with E-state index in [2.05, 4.69) is 10.3 Å². The first-order valence-electron chi connectivity index (χ1n) is 7.50. The number of nitrogens with zero attached hydrogens (tertiary/aromatic N) is 4. The third-order valence-corrected chi connectivity index (χ3v) is 4.61. The standard InChI is InChI=1S/C14H20N4O3/c19-13(3-5-17-6-4-15-16-17)18-11-1-2-12(18)8-10(7-11)9-14(20)21/h4,6,10-12H,1-3,5,7-9H2,(H,20,21). The van der Waals surface area contributed by atoms with Crippen LogP contribution >= 0.6 is 0 Å². The third kappa shape index (κ3) is 3.06. The second-order valence-corrected chi connectivity index (χ2v) is 6.04. The van der Waals surface area contributed by atoms with E-state index >= 15 is 0 Å². The molecule has 0 radical (unpaired) electrons. The quantitative estimate of drug-likeness (QED) is 0.871. The van der Waals surface area contributed by atoms with Crippen molar-refractivity contribution in [2.24, 2.45) is 5.92 Å². The number of aromatic nitrogens is 3. The molecule has 114 valence electrons. The lowest BCUT2D eigenvalue weighted by atomic mass is 9.88. The number of amides is 1. The molecule has 21 heavy (non-hydrogen) atoms. The Morgan fingerprint density at radius 1 is 1.24 bits per heavy atom. The summed E-state index contributed by atoms with van der Waals surface area (Å²) in [6.07, 6.45) is 7.70. The number of carbonyl (C=O) groups is 2. The molecule has 1 aromatic heterocycles. The van der Waals surface area contributed by atoms with Crippen molar-refractivity contribution in [1.82, 2.24) is 19.9 Å². The average Bonchev–Trinajstić information content (AvgIpc) is 3.02. The van der Waals surface area contributed by atoms with Crippen molar-refractivity contribution >= 4 is 11.9 Å². The molecule has 2 bridgehead atoms. The van der Waals surface area contributed by atoms with Gasteiger partial charge < -0.3 is 10.0 Å². The highest BCUT2D eigenvalue weighted by Gasteiger charge is 2.43. The molecule has 2 aliphatic rings. The predicted molar refractivity (Wildman–Crippen MR) is 73.3 cm³/mol. The van der Waals surface area contributed by atoms with Crippen molar-refractivity contribution in [3.63, 3.8) is 0 Å². The first kappa shape index (κ1) is 14.0. The predicted octanol–water partition coefficient (Wildman–Crippen LogP) is 0.912. The summed E-state index contributed by atoms with van der Waals surface area (Å²) in [5, 5.41) is 16.5. The second-order valence-electron chi connectivity index (χ2n) is 6.04. The summed E-state index contributed by atoms with van der Waals surface area (Å²) in [6, 6.07) is 0.465. The molecule has 2 fully saturated rings. The summed E-state index contributed by atoms with van der Waals surface area (Å²) in [5.41, 5.74) is 0. The Morgan fingerprint density at radius 2 is 1.95 bits per heavy atom. The van der Waals surface area contributed by atoms with Gasteiger partial charge in [0.2, 0.25) is 5.91 Å². The number of aryl methyl sites for hydroxylation is 1. The van der Waals surface area contributed by atoms with E-state index in [1.54, 1.807) is 17.1 Å². The van der Waals surface area contributed by atoms with Crippen LogP contribution in [0.5, 0.6) is 0 Å². The molecule has 0 aliphatic carbocycles. The molecule has 7 nitrogen and oxygen atoms in total. The number of carboxylic acids is 1. The first-order valence-corrected chi connectivity index (χ1v) is 7.50. The molecule has 0 saturated carbocycles. The van der Waals surface area contributed by atoms with E-state index in [1.165, 1.54) is 0 Å². The summed E-state index contributed by atoms with van der Waals surface area (Å²) in [5.74, 6) is -0.350. The van der Waals surface area contributed by atoms with Gasteiger partial charge in [-0.25, -0.2) is 0 Å². The molecule has 2 unspecified atom stereocenters. The molecule has 2 aliphatic heterocycles. The van der Waals surface area contributed by atoms with Crippen LogP contribution in [0.15, 0.2) is 12.4 Å². The molecule has 1 amide bonds. The third-order valence-electron chi connectivity index (χ3n) is 4.61. The number of fused-ring (bicyclic) bond motifs is 2. The maximum absolute atomic E-state index is 12.4. The number of piperidine rings is 1. The lowest BCUT2D eigenvalue weighted by Gasteiger charge is -2.38. The summed E-state index contributed by atoms with van der Waals surface area (Å²) < 4.78 is 1.66. The number of carboxylic acid groups (broad SMARTS) is 1. The van der Waals surface area contributed by atoms with Crippen LogP contribution in [-0.2, 0) is 16.1 Å². The van der Waals surface area contributed by atoms with Crippen LogP contribution in [0.25, 0.3) is 0 Å². The summed E-state index contributed by atoms with van der Waals surface area (Å²) in [4.78, 5) is 25.3. The lowest BCUT2D eigenvalue weighted by molar-refractivity contribution is -0.140. The molecule has 2 saturated heterocycles. The van der Waals surface area contributed by atoms with Gasteiger partial charge in [0.25, 0.3) is 0 Å². The summed E-state index contributed by atoms with van der Waals surface area (Å²) in [6.45, 7) is 0.549. The van der Waals surface area contributed by atoms with E-state index < -0.39 is 5.97 Å². The molecule has 1 N–H and O–H groups in total. The van der Waals surface area contributed by atoms with E-state index in [9.17, 15) is 9.59 Å². The number of hydrogen-bond donors (Lipinski definition) is 1. The van der Waals surface area contributed by atoms with Gasteiger partial charge in [0.1, 0.15) is 0 Å². The molecule has 1 aromatic rings. The van der Waals surface area contributed by atoms with Crippen LogP contribution in [0, 0.1) is 5.92 Å². The van der Waals surface area contributed by atoms with E-state index in [0.717, 1.165) is 25.7 Å². The average molecular weight is 292 g/mol. The SMILES string of the molecule is O=C(O)CC1CC2CCC(C1)N2C(=O)CCn1ccnn1. The van der Waals surface area contributed by atoms with Crippen molar-refractivity contribution in [2.45, 2.75) is 57.2 Å². The molecular formula is C14H20N4O3. The Morgan fingerprint density at radius 3 is 2.52 bits per heavy atom. The van der Waals surface area contributed by atoms with Gasteiger partial charge in [-0.1, -0.05) is 5.21 Å². The van der Waals surface area contributed by atoms with Gasteiger partial charge >= 0.3 is 5.97 Å². The molecular weight excluding hydrogens is 272 g/mol. The minimum Gasteiger partial charge on any atom is -0.481 e. The molecule has 0 spiro atoms. The second kappa shape index (κ2) is 5.83. The van der Waals surface area contributed by atoms with Crippen molar-refractivity contribution in [2.75, 3.05) is 0 Å². The molecule has 3 heterocycles. The van der Waals surface area contributed by atoms with Crippen molar-refractivity contribution in [1.29, 1.82) is 0 Å². The van der Waals surface area contributed by atoms with Gasteiger partial charge in [0, 0.05) is 31.1 Å². The molecule has 2 atom stereocenters. The minimum absolute atomic E-state index is 0.159. The van der Waals surface area contributed by atoms with Gasteiger partial charge in [-0.3, -0.25) is 14.3 Å². The molecule has 7 heteroatoms. The lowest BCUT2D eigenvalue weighted by Crippen LogP contribution is -2.47. The molecule has 0 aromatic carbocycles. The number of hydrogen-bond acceptors (Lipinski definition) is 4. The van der Waals surface area contributed by atoms with Crippen molar-refractivity contribution < 1.29 is 14.7 Å². The van der Waals surface area contributed by atoms with Crippen LogP contribution in [-0.4, -0.2) is 49.0 Å². The maximum Gasteiger partial charge on any atom is 0.303 e. The first-order chi connectivity index (χ1) is 10.1. The molecule has 3 rings (SSSR count). The Balaban J connectivity index is 1.57. The van der Waals surface area contributed by atoms with Gasteiger partial charge in [0.05, 0.1) is 12.7 Å². The Kier molecular flexibility index (Phi) is 3.90. The van der Waals surface area contributed by atoms with Gasteiger partial charge in [-0.2, -0.15) is 0 Å². The Hall–Kier alpha value is -1.92. The summed E-state index contributed by atoms with van der Waals surface area (Å²) >= 11 is 0. The monoisotopic (exact) mass is 292 g/mol. The van der Waals surface area contributed by atoms with Gasteiger partial charge in [-0.15, -0.1) is 5.10 Å². The summed E-state index contributed by atoms with van der Waals surface area (Å²) in [7, 11) is 0. The van der Waals surface area contributed by atoms with Crippen LogP contribution in [0.3, 0.4) is 0 Å². The van der Waals surface area contributed by atoms with Crippen LogP contribution < -0.4 is 0 Å². The number of rotatable bonds is 5. The highest BCUT2D eigenvalue weighted by atomic mass is 16.4. The van der Waals surface area contributed by atoms with Gasteiger partial charge in [-0.05, 0) is 31.6 Å². The fraction of sp³-hybridized carbons (Fsp3) is 0.714. The van der Waals surface area contributed by atoms with E-state index in [-0.39, 0.29) is 30.3 Å². The minimum atomic E-state index is -0.731. The fourth-order valence-electron chi connectivity index (χ4n) is 3.80. The zero-order valence-electron chi connectivity index (χ0n) is 11.9. The van der Waals surface area contributed by atoms with E-state index in [0.29, 0.717) is 13.0 Å². The normalized spacial score (nSPS) is 27.8. The zero-order chi connectivity index (χ0) is 14.8. The maximum atomic E-state index is 12.4. The Bertz CT molecular complexity index is 502. The Labute approximate surface area is 122 Å². The van der Waals surface area contributed by atoms with Crippen LogP contribution in [0.4, 0.5) is 0 Å². The largest absolute Gasteiger partial charge is 0.481 e. The smallest absolute Gasteiger partial charge is 0.303 e. The van der Waals surface area contributed by atoms with E-state index in [4.69, 9.17) is 5.11 Å². The fourth-order valence-corrected chi connectivity index (χ4v) is 3.80. The zero-order valence-corrected chi connectivity index (χ0v) is 11.9. The topological polar surface area (TPSA) is 88.3 Å². The number of aliphatic carboxylic acids is 1. The highest BCUT2D eigenvalue weighted by molar-refractivity contribution is 5.77. The number of carbonyl (C=O) groups excluding carboxylic acids is 1. The van der Waals surface area contributed by atoms with Crippen molar-refractivity contribution in [3.8, 4) is 0 Å². The van der Waals surface area contributed by atoms with Crippen molar-refractivity contribution in [3.05, 3.63) is 12.4 Å². The highest BCUT2D eigenvalue weighted by Crippen LogP contribution is 2.40. The van der Waals surface area contributed by atoms with Gasteiger partial charge in [0.15, 0.2) is 0 Å². The van der Waals surface area contributed by atoms with Crippen LogP contribution in [0.2, 0.25) is 0 Å². The van der Waals surface area contributed by atoms with Crippen LogP contribution in [0.1, 0.15) is 38.5 Å². The van der Waals surface area contributed by atoms with E-state index in [1.807, 2.05) is 4.90 Å².